The van der Waals surface area contributed by atoms with Gasteiger partial charge in [-0.15, -0.1) is 11.3 Å². The molecule has 214 valence electrons. The van der Waals surface area contributed by atoms with Crippen LogP contribution < -0.4 is 4.74 Å². The van der Waals surface area contributed by atoms with Crippen LogP contribution in [0.15, 0.2) is 66.0 Å². The predicted octanol–water partition coefficient (Wildman–Crippen LogP) is 8.75. The van der Waals surface area contributed by atoms with Gasteiger partial charge in [-0.1, -0.05) is 73.3 Å². The van der Waals surface area contributed by atoms with Gasteiger partial charge in [0.1, 0.15) is 17.4 Å². The Labute approximate surface area is 252 Å². The first-order valence-corrected chi connectivity index (χ1v) is 16.2. The normalized spacial score (nSPS) is 16.7. The summed E-state index contributed by atoms with van der Waals surface area (Å²) in [4.78, 5) is 21.0. The lowest BCUT2D eigenvalue weighted by molar-refractivity contribution is 0.0689. The number of ether oxygens (including phenoxy) is 1. The molecule has 2 fully saturated rings. The van der Waals surface area contributed by atoms with Crippen molar-refractivity contribution in [2.24, 2.45) is 5.92 Å². The Morgan fingerprint density at radius 2 is 1.73 bits per heavy atom. The number of thiazole rings is 1. The number of amides is 1. The molecule has 1 aliphatic carbocycles. The number of carbonyl (C=O) groups excluding carboxylic acids is 1. The number of aromatic nitrogens is 2. The molecule has 5 nitrogen and oxygen atoms in total. The third-order valence-corrected chi connectivity index (χ3v) is 9.87. The number of para-hydroxylation sites is 1. The van der Waals surface area contributed by atoms with Gasteiger partial charge in [-0.3, -0.25) is 4.79 Å². The number of benzene rings is 2. The number of hydrogen-bond acceptors (Lipinski definition) is 4. The highest BCUT2D eigenvalue weighted by Gasteiger charge is 2.30. The van der Waals surface area contributed by atoms with Crippen molar-refractivity contribution < 1.29 is 9.53 Å². The summed E-state index contributed by atoms with van der Waals surface area (Å²) in [7, 11) is 0. The van der Waals surface area contributed by atoms with Crippen molar-refractivity contribution in [3.63, 3.8) is 0 Å². The van der Waals surface area contributed by atoms with E-state index in [-0.39, 0.29) is 5.91 Å². The quantitative estimate of drug-likeness (QED) is 0.207. The molecule has 7 heteroatoms. The Morgan fingerprint density at radius 3 is 2.49 bits per heavy atom. The average molecular weight is 588 g/mol. The third-order valence-electron chi connectivity index (χ3n) is 8.73. The van der Waals surface area contributed by atoms with Crippen molar-refractivity contribution in [1.82, 2.24) is 14.5 Å². The topological polar surface area (TPSA) is 47.4 Å². The molecule has 2 aromatic carbocycles. The molecule has 0 radical (unpaired) electrons. The van der Waals surface area contributed by atoms with Gasteiger partial charge in [0.25, 0.3) is 5.91 Å². The molecule has 2 aromatic heterocycles. The SMILES string of the molecule is Cc1c(C(=O)N2CCC(Cc3ccccc3)CC2)cc(-c2csc(COc3ccccc3Cl)n2)n1C1CCCCC1. The number of nitrogens with zero attached hydrogens (tertiary/aromatic N) is 3. The van der Waals surface area contributed by atoms with E-state index in [0.717, 1.165) is 72.8 Å². The summed E-state index contributed by atoms with van der Waals surface area (Å²) >= 11 is 7.86. The zero-order chi connectivity index (χ0) is 28.2. The van der Waals surface area contributed by atoms with Crippen LogP contribution in [0.2, 0.25) is 5.02 Å². The Balaban J connectivity index is 1.20. The molecule has 0 bridgehead atoms. The van der Waals surface area contributed by atoms with Gasteiger partial charge in [0.2, 0.25) is 0 Å². The van der Waals surface area contributed by atoms with Crippen LogP contribution in [0.4, 0.5) is 0 Å². The van der Waals surface area contributed by atoms with E-state index in [1.165, 1.54) is 24.8 Å². The van der Waals surface area contributed by atoms with Gasteiger partial charge in [0.15, 0.2) is 0 Å². The van der Waals surface area contributed by atoms with Crippen LogP contribution in [-0.4, -0.2) is 33.4 Å². The van der Waals surface area contributed by atoms with Crippen molar-refractivity contribution in [3.05, 3.63) is 92.9 Å². The molecule has 0 atom stereocenters. The first kappa shape index (κ1) is 28.0. The van der Waals surface area contributed by atoms with Gasteiger partial charge in [-0.05, 0) is 68.7 Å². The maximum absolute atomic E-state index is 13.9. The highest BCUT2D eigenvalue weighted by Crippen LogP contribution is 2.37. The van der Waals surface area contributed by atoms with Gasteiger partial charge in [0, 0.05) is 30.2 Å². The molecule has 1 saturated heterocycles. The highest BCUT2D eigenvalue weighted by molar-refractivity contribution is 7.09. The van der Waals surface area contributed by atoms with Gasteiger partial charge in [-0.25, -0.2) is 4.98 Å². The summed E-state index contributed by atoms with van der Waals surface area (Å²) in [6.45, 7) is 4.13. The maximum atomic E-state index is 13.9. The van der Waals surface area contributed by atoms with Crippen molar-refractivity contribution in [3.8, 4) is 17.1 Å². The Kier molecular flexibility index (Phi) is 8.78. The van der Waals surface area contributed by atoms with E-state index in [1.54, 1.807) is 11.3 Å². The Bertz CT molecular complexity index is 1470. The summed E-state index contributed by atoms with van der Waals surface area (Å²) in [5.74, 6) is 1.45. The summed E-state index contributed by atoms with van der Waals surface area (Å²) in [6, 6.07) is 20.7. The van der Waals surface area contributed by atoms with Crippen molar-refractivity contribution in [1.29, 1.82) is 0 Å². The van der Waals surface area contributed by atoms with Crippen molar-refractivity contribution >= 4 is 28.8 Å². The monoisotopic (exact) mass is 587 g/mol. The van der Waals surface area contributed by atoms with Gasteiger partial charge in [-0.2, -0.15) is 0 Å². The maximum Gasteiger partial charge on any atom is 0.255 e. The fourth-order valence-electron chi connectivity index (χ4n) is 6.50. The summed E-state index contributed by atoms with van der Waals surface area (Å²) in [5, 5.41) is 3.59. The fraction of sp³-hybridized carbons (Fsp3) is 0.412. The molecule has 6 rings (SSSR count). The van der Waals surface area contributed by atoms with E-state index in [0.29, 0.717) is 29.3 Å². The molecule has 0 unspecified atom stereocenters. The minimum atomic E-state index is 0.161. The Morgan fingerprint density at radius 1 is 1.00 bits per heavy atom. The Hall–Kier alpha value is -3.09. The van der Waals surface area contributed by atoms with Crippen LogP contribution >= 0.6 is 22.9 Å². The molecule has 41 heavy (non-hydrogen) atoms. The van der Waals surface area contributed by atoms with Gasteiger partial charge < -0.3 is 14.2 Å². The lowest BCUT2D eigenvalue weighted by Crippen LogP contribution is -2.39. The predicted molar refractivity (Wildman–Crippen MR) is 167 cm³/mol. The van der Waals surface area contributed by atoms with Crippen LogP contribution in [0.1, 0.15) is 77.6 Å². The molecular weight excluding hydrogens is 550 g/mol. The van der Waals surface area contributed by atoms with E-state index < -0.39 is 0 Å². The molecule has 1 amide bonds. The molecular formula is C34H38ClN3O2S. The van der Waals surface area contributed by atoms with Crippen LogP contribution in [0.25, 0.3) is 11.4 Å². The summed E-state index contributed by atoms with van der Waals surface area (Å²) < 4.78 is 8.38. The number of rotatable bonds is 8. The van der Waals surface area contributed by atoms with Crippen LogP contribution in [0, 0.1) is 12.8 Å². The number of halogens is 1. The van der Waals surface area contributed by atoms with Crippen molar-refractivity contribution in [2.75, 3.05) is 13.1 Å². The molecule has 1 saturated carbocycles. The third kappa shape index (κ3) is 6.39. The number of likely N-dealkylation sites (tertiary alicyclic amines) is 1. The van der Waals surface area contributed by atoms with E-state index in [1.807, 2.05) is 24.3 Å². The second kappa shape index (κ2) is 12.8. The lowest BCUT2D eigenvalue weighted by atomic mass is 9.90. The molecule has 0 spiro atoms. The average Bonchev–Trinajstić information content (AvgIpc) is 3.62. The van der Waals surface area contributed by atoms with E-state index in [2.05, 4.69) is 58.2 Å². The smallest absolute Gasteiger partial charge is 0.255 e. The van der Waals surface area contributed by atoms with E-state index in [4.69, 9.17) is 21.3 Å². The van der Waals surface area contributed by atoms with Crippen LogP contribution in [-0.2, 0) is 13.0 Å². The molecule has 1 aliphatic heterocycles. The largest absolute Gasteiger partial charge is 0.485 e. The lowest BCUT2D eigenvalue weighted by Gasteiger charge is -2.32. The minimum absolute atomic E-state index is 0.161. The second-order valence-electron chi connectivity index (χ2n) is 11.5. The number of piperidine rings is 1. The molecule has 2 aliphatic rings. The van der Waals surface area contributed by atoms with E-state index >= 15 is 0 Å². The zero-order valence-corrected chi connectivity index (χ0v) is 25.3. The number of carbonyl (C=O) groups is 1. The molecule has 4 aromatic rings. The van der Waals surface area contributed by atoms with Gasteiger partial charge >= 0.3 is 0 Å². The van der Waals surface area contributed by atoms with Crippen LogP contribution in [0.3, 0.4) is 0 Å². The zero-order valence-electron chi connectivity index (χ0n) is 23.7. The van der Waals surface area contributed by atoms with Crippen molar-refractivity contribution in [2.45, 2.75) is 70.9 Å². The highest BCUT2D eigenvalue weighted by atomic mass is 35.5. The summed E-state index contributed by atoms with van der Waals surface area (Å²) in [6.07, 6.45) is 9.24. The van der Waals surface area contributed by atoms with Gasteiger partial charge in [0.05, 0.1) is 22.0 Å². The fourth-order valence-corrected chi connectivity index (χ4v) is 7.39. The minimum Gasteiger partial charge on any atom is -0.485 e. The standard InChI is InChI=1S/C34H38ClN3O2S/c1-24-28(34(39)37-18-16-26(17-19-37)20-25-10-4-2-5-11-25)21-31(38(24)27-12-6-3-7-13-27)30-23-41-33(36-30)22-40-32-15-9-8-14-29(32)35/h2,4-5,8-11,14-15,21,23,26-27H,3,6-7,12-13,16-20,22H2,1H3. The molecule has 0 N–H and O–H groups in total. The second-order valence-corrected chi connectivity index (χ2v) is 12.8. The summed E-state index contributed by atoms with van der Waals surface area (Å²) in [5.41, 5.74) is 5.26. The first-order chi connectivity index (χ1) is 20.1. The first-order valence-electron chi connectivity index (χ1n) is 14.9. The molecule has 3 heterocycles. The number of hydrogen-bond donors (Lipinski definition) is 0. The van der Waals surface area contributed by atoms with Crippen LogP contribution in [0.5, 0.6) is 5.75 Å². The van der Waals surface area contributed by atoms with E-state index in [9.17, 15) is 4.79 Å².